The predicted octanol–water partition coefficient (Wildman–Crippen LogP) is 3.56. The van der Waals surface area contributed by atoms with Crippen LogP contribution in [-0.2, 0) is 0 Å². The van der Waals surface area contributed by atoms with E-state index >= 15 is 0 Å². The van der Waals surface area contributed by atoms with Gasteiger partial charge in [0.25, 0.3) is 0 Å². The third-order valence-electron chi connectivity index (χ3n) is 2.43. The van der Waals surface area contributed by atoms with Crippen LogP contribution in [0.1, 0.15) is 20.3 Å². The number of anilines is 1. The summed E-state index contributed by atoms with van der Waals surface area (Å²) in [6, 6.07) is 5.64. The average molecular weight is 261 g/mol. The number of nitrogens with zero attached hydrogens (tertiary/aromatic N) is 1. The summed E-state index contributed by atoms with van der Waals surface area (Å²) in [4.78, 5) is 2.07. The molecule has 0 heterocycles. The van der Waals surface area contributed by atoms with Gasteiger partial charge in [0.2, 0.25) is 0 Å². The predicted molar refractivity (Wildman–Crippen MR) is 72.6 cm³/mol. The molecular weight excluding hydrogens is 243 g/mol. The van der Waals surface area contributed by atoms with E-state index in [1.54, 1.807) is 6.07 Å². The van der Waals surface area contributed by atoms with Gasteiger partial charge in [-0.25, -0.2) is 0 Å². The molecular formula is C12H18Cl2N2. The summed E-state index contributed by atoms with van der Waals surface area (Å²) in [5, 5.41) is 1.18. The fraction of sp³-hybridized carbons (Fsp3) is 0.500. The zero-order valence-electron chi connectivity index (χ0n) is 9.93. The molecule has 0 bridgehead atoms. The molecule has 0 spiro atoms. The summed E-state index contributed by atoms with van der Waals surface area (Å²) in [5.74, 6) is 0. The summed E-state index contributed by atoms with van der Waals surface area (Å²) in [7, 11) is 1.99. The lowest BCUT2D eigenvalue weighted by Crippen LogP contribution is -2.36. The lowest BCUT2D eigenvalue weighted by Gasteiger charge is -2.26. The summed E-state index contributed by atoms with van der Waals surface area (Å²) < 4.78 is 0. The Hall–Kier alpha value is -0.440. The standard InChI is InChI=1S/C12H18Cl2N2/c1-12(2,15)7-8-16(3)10-6-4-5-9(13)11(10)14/h4-6H,7-8,15H2,1-3H3. The van der Waals surface area contributed by atoms with Gasteiger partial charge in [-0.05, 0) is 32.4 Å². The van der Waals surface area contributed by atoms with Crippen LogP contribution in [0.3, 0.4) is 0 Å². The fourth-order valence-electron chi connectivity index (χ4n) is 1.36. The van der Waals surface area contributed by atoms with Crippen molar-refractivity contribution in [2.24, 2.45) is 5.73 Å². The molecule has 0 aliphatic carbocycles. The Balaban J connectivity index is 2.73. The van der Waals surface area contributed by atoms with Gasteiger partial charge in [-0.15, -0.1) is 0 Å². The van der Waals surface area contributed by atoms with Gasteiger partial charge in [-0.1, -0.05) is 29.3 Å². The van der Waals surface area contributed by atoms with E-state index in [2.05, 4.69) is 4.90 Å². The number of halogens is 2. The molecule has 2 N–H and O–H groups in total. The smallest absolute Gasteiger partial charge is 0.0825 e. The molecule has 0 aliphatic rings. The Bertz CT molecular complexity index is 359. The Kier molecular flexibility index (Phi) is 4.48. The number of hydrogen-bond acceptors (Lipinski definition) is 2. The maximum atomic E-state index is 6.13. The molecule has 0 fully saturated rings. The van der Waals surface area contributed by atoms with Gasteiger partial charge in [0.1, 0.15) is 0 Å². The van der Waals surface area contributed by atoms with Crippen LogP contribution in [0.2, 0.25) is 10.0 Å². The van der Waals surface area contributed by atoms with Crippen LogP contribution in [0.25, 0.3) is 0 Å². The maximum absolute atomic E-state index is 6.13. The molecule has 16 heavy (non-hydrogen) atoms. The molecule has 1 rings (SSSR count). The molecule has 90 valence electrons. The fourth-order valence-corrected chi connectivity index (χ4v) is 1.80. The molecule has 0 unspecified atom stereocenters. The summed E-state index contributed by atoms with van der Waals surface area (Å²) in [6.07, 6.45) is 0.895. The van der Waals surface area contributed by atoms with Crippen molar-refractivity contribution >= 4 is 28.9 Å². The molecule has 0 atom stereocenters. The van der Waals surface area contributed by atoms with Gasteiger partial charge < -0.3 is 10.6 Å². The number of benzene rings is 1. The van der Waals surface area contributed by atoms with Gasteiger partial charge in [0.05, 0.1) is 15.7 Å². The number of nitrogens with two attached hydrogens (primary N) is 1. The van der Waals surface area contributed by atoms with E-state index in [9.17, 15) is 0 Å². The zero-order chi connectivity index (χ0) is 12.3. The average Bonchev–Trinajstić information content (AvgIpc) is 2.17. The maximum Gasteiger partial charge on any atom is 0.0825 e. The third kappa shape index (κ3) is 3.85. The monoisotopic (exact) mass is 260 g/mol. The van der Waals surface area contributed by atoms with Crippen molar-refractivity contribution in [2.75, 3.05) is 18.5 Å². The molecule has 0 amide bonds. The van der Waals surface area contributed by atoms with Crippen molar-refractivity contribution in [2.45, 2.75) is 25.8 Å². The Morgan fingerprint density at radius 1 is 1.31 bits per heavy atom. The number of rotatable bonds is 4. The largest absolute Gasteiger partial charge is 0.373 e. The van der Waals surface area contributed by atoms with Crippen LogP contribution in [0.4, 0.5) is 5.69 Å². The first-order valence-electron chi connectivity index (χ1n) is 5.25. The van der Waals surface area contributed by atoms with Crippen LogP contribution < -0.4 is 10.6 Å². The lowest BCUT2D eigenvalue weighted by molar-refractivity contribution is 0.479. The summed E-state index contributed by atoms with van der Waals surface area (Å²) in [5.41, 5.74) is 6.72. The highest BCUT2D eigenvalue weighted by atomic mass is 35.5. The second-order valence-electron chi connectivity index (χ2n) is 4.73. The van der Waals surface area contributed by atoms with E-state index in [0.29, 0.717) is 10.0 Å². The quantitative estimate of drug-likeness (QED) is 0.897. The normalized spacial score (nSPS) is 11.6. The Morgan fingerprint density at radius 2 is 1.94 bits per heavy atom. The minimum absolute atomic E-state index is 0.167. The minimum atomic E-state index is -0.167. The number of hydrogen-bond donors (Lipinski definition) is 1. The highest BCUT2D eigenvalue weighted by molar-refractivity contribution is 6.43. The van der Waals surface area contributed by atoms with Crippen molar-refractivity contribution in [1.82, 2.24) is 0 Å². The first-order chi connectivity index (χ1) is 7.31. The SMILES string of the molecule is CN(CCC(C)(C)N)c1cccc(Cl)c1Cl. The minimum Gasteiger partial charge on any atom is -0.373 e. The lowest BCUT2D eigenvalue weighted by atomic mass is 10.0. The van der Waals surface area contributed by atoms with Crippen molar-refractivity contribution in [1.29, 1.82) is 0 Å². The highest BCUT2D eigenvalue weighted by Gasteiger charge is 2.14. The summed E-state index contributed by atoms with van der Waals surface area (Å²) in [6.45, 7) is 4.88. The van der Waals surface area contributed by atoms with Crippen LogP contribution in [0.5, 0.6) is 0 Å². The second kappa shape index (κ2) is 5.26. The molecule has 1 aromatic rings. The molecule has 0 aromatic heterocycles. The Morgan fingerprint density at radius 3 is 2.50 bits per heavy atom. The van der Waals surface area contributed by atoms with E-state index in [-0.39, 0.29) is 5.54 Å². The van der Waals surface area contributed by atoms with Gasteiger partial charge in [-0.3, -0.25) is 0 Å². The molecule has 0 radical (unpaired) electrons. The van der Waals surface area contributed by atoms with E-state index < -0.39 is 0 Å². The topological polar surface area (TPSA) is 29.3 Å². The van der Waals surface area contributed by atoms with Crippen LogP contribution >= 0.6 is 23.2 Å². The molecule has 2 nitrogen and oxygen atoms in total. The zero-order valence-corrected chi connectivity index (χ0v) is 11.4. The van der Waals surface area contributed by atoms with Crippen molar-refractivity contribution in [3.8, 4) is 0 Å². The molecule has 4 heteroatoms. The summed E-state index contributed by atoms with van der Waals surface area (Å²) >= 11 is 12.1. The molecule has 0 saturated carbocycles. The van der Waals surface area contributed by atoms with Crippen molar-refractivity contribution in [3.05, 3.63) is 28.2 Å². The van der Waals surface area contributed by atoms with Crippen molar-refractivity contribution in [3.63, 3.8) is 0 Å². The van der Waals surface area contributed by atoms with Gasteiger partial charge >= 0.3 is 0 Å². The van der Waals surface area contributed by atoms with Gasteiger partial charge in [-0.2, -0.15) is 0 Å². The second-order valence-corrected chi connectivity index (χ2v) is 5.52. The van der Waals surface area contributed by atoms with Gasteiger partial charge in [0, 0.05) is 19.1 Å². The van der Waals surface area contributed by atoms with Gasteiger partial charge in [0.15, 0.2) is 0 Å². The third-order valence-corrected chi connectivity index (χ3v) is 3.24. The first kappa shape index (κ1) is 13.6. The highest BCUT2D eigenvalue weighted by Crippen LogP contribution is 2.31. The Labute approximate surface area is 107 Å². The van der Waals surface area contributed by atoms with Crippen LogP contribution in [0, 0.1) is 0 Å². The molecule has 0 aliphatic heterocycles. The molecule has 1 aromatic carbocycles. The molecule has 0 saturated heterocycles. The first-order valence-corrected chi connectivity index (χ1v) is 6.01. The van der Waals surface area contributed by atoms with E-state index in [1.807, 2.05) is 33.0 Å². The van der Waals surface area contributed by atoms with E-state index in [4.69, 9.17) is 28.9 Å². The van der Waals surface area contributed by atoms with E-state index in [1.165, 1.54) is 0 Å². The van der Waals surface area contributed by atoms with E-state index in [0.717, 1.165) is 18.7 Å². The van der Waals surface area contributed by atoms with Crippen LogP contribution in [-0.4, -0.2) is 19.1 Å². The van der Waals surface area contributed by atoms with Crippen molar-refractivity contribution < 1.29 is 0 Å². The van der Waals surface area contributed by atoms with Crippen LogP contribution in [0.15, 0.2) is 18.2 Å².